The molecule has 21 heavy (non-hydrogen) atoms. The standard InChI is InChI=1S/C17H25NO3/c1-2-6-16(17(19)20)18-12-13-7-5-10-15(11-13)21-14-8-3-4-9-14/h5,7,10-11,14,16,18H,2-4,6,8-9,12H2,1H3,(H,19,20). The fourth-order valence-electron chi connectivity index (χ4n) is 2.77. The first-order valence-electron chi connectivity index (χ1n) is 7.91. The van der Waals surface area contributed by atoms with Gasteiger partial charge in [-0.15, -0.1) is 0 Å². The molecule has 0 radical (unpaired) electrons. The maximum absolute atomic E-state index is 11.1. The number of nitrogens with one attached hydrogen (secondary N) is 1. The lowest BCUT2D eigenvalue weighted by molar-refractivity contribution is -0.139. The van der Waals surface area contributed by atoms with E-state index in [2.05, 4.69) is 5.32 Å². The Hall–Kier alpha value is -1.55. The van der Waals surface area contributed by atoms with E-state index in [0.29, 0.717) is 19.1 Å². The zero-order valence-electron chi connectivity index (χ0n) is 12.7. The number of aliphatic carboxylic acids is 1. The van der Waals surface area contributed by atoms with Crippen LogP contribution in [0.3, 0.4) is 0 Å². The van der Waals surface area contributed by atoms with Crippen LogP contribution >= 0.6 is 0 Å². The fourth-order valence-corrected chi connectivity index (χ4v) is 2.77. The minimum Gasteiger partial charge on any atom is -0.490 e. The first kappa shape index (κ1) is 15.8. The van der Waals surface area contributed by atoms with E-state index in [9.17, 15) is 4.79 Å². The van der Waals surface area contributed by atoms with Crippen molar-refractivity contribution in [2.24, 2.45) is 0 Å². The van der Waals surface area contributed by atoms with Crippen LogP contribution < -0.4 is 10.1 Å². The molecule has 2 N–H and O–H groups in total. The molecule has 1 aromatic rings. The third-order valence-corrected chi connectivity index (χ3v) is 3.93. The smallest absolute Gasteiger partial charge is 0.320 e. The molecule has 4 nitrogen and oxygen atoms in total. The first-order valence-corrected chi connectivity index (χ1v) is 7.91. The molecule has 0 bridgehead atoms. The Morgan fingerprint density at radius 1 is 1.43 bits per heavy atom. The molecule has 116 valence electrons. The highest BCUT2D eigenvalue weighted by molar-refractivity contribution is 5.73. The van der Waals surface area contributed by atoms with Crippen LogP contribution in [0.15, 0.2) is 24.3 Å². The van der Waals surface area contributed by atoms with Gasteiger partial charge in [-0.3, -0.25) is 4.79 Å². The summed E-state index contributed by atoms with van der Waals surface area (Å²) >= 11 is 0. The third kappa shape index (κ3) is 5.05. The largest absolute Gasteiger partial charge is 0.490 e. The molecule has 1 saturated carbocycles. The van der Waals surface area contributed by atoms with Gasteiger partial charge >= 0.3 is 5.97 Å². The molecular formula is C17H25NO3. The summed E-state index contributed by atoms with van der Waals surface area (Å²) in [6.07, 6.45) is 6.63. The summed E-state index contributed by atoms with van der Waals surface area (Å²) in [7, 11) is 0. The van der Waals surface area contributed by atoms with Crippen molar-refractivity contribution in [3.05, 3.63) is 29.8 Å². The van der Waals surface area contributed by atoms with Crippen molar-refractivity contribution in [2.45, 2.75) is 64.1 Å². The quantitative estimate of drug-likeness (QED) is 0.771. The number of carboxylic acids is 1. The molecule has 1 aromatic carbocycles. The highest BCUT2D eigenvalue weighted by Crippen LogP contribution is 2.24. The van der Waals surface area contributed by atoms with Crippen LogP contribution in [0.4, 0.5) is 0 Å². The molecule has 0 aliphatic heterocycles. The number of hydrogen-bond acceptors (Lipinski definition) is 3. The normalized spacial score (nSPS) is 16.8. The molecular weight excluding hydrogens is 266 g/mol. The Kier molecular flexibility index (Phi) is 6.05. The van der Waals surface area contributed by atoms with Crippen molar-refractivity contribution in [1.29, 1.82) is 0 Å². The highest BCUT2D eigenvalue weighted by Gasteiger charge is 2.17. The van der Waals surface area contributed by atoms with Crippen LogP contribution in [0.1, 0.15) is 51.0 Å². The number of ether oxygens (including phenoxy) is 1. The second kappa shape index (κ2) is 8.03. The monoisotopic (exact) mass is 291 g/mol. The van der Waals surface area contributed by atoms with E-state index in [1.54, 1.807) is 0 Å². The van der Waals surface area contributed by atoms with Crippen molar-refractivity contribution in [2.75, 3.05) is 0 Å². The maximum atomic E-state index is 11.1. The minimum absolute atomic E-state index is 0.347. The Labute approximate surface area is 126 Å². The van der Waals surface area contributed by atoms with Crippen molar-refractivity contribution in [3.8, 4) is 5.75 Å². The number of carbonyl (C=O) groups is 1. The Morgan fingerprint density at radius 3 is 2.86 bits per heavy atom. The van der Waals surface area contributed by atoms with Gasteiger partial charge in [-0.25, -0.2) is 0 Å². The maximum Gasteiger partial charge on any atom is 0.320 e. The Bertz CT molecular complexity index is 455. The molecule has 0 amide bonds. The van der Waals surface area contributed by atoms with E-state index < -0.39 is 12.0 Å². The number of benzene rings is 1. The SMILES string of the molecule is CCCC(NCc1cccc(OC2CCCC2)c1)C(=O)O. The minimum atomic E-state index is -0.782. The van der Waals surface area contributed by atoms with Gasteiger partial charge in [0, 0.05) is 6.54 Å². The number of rotatable bonds is 8. The Balaban J connectivity index is 1.89. The lowest BCUT2D eigenvalue weighted by atomic mass is 10.1. The second-order valence-corrected chi connectivity index (χ2v) is 5.73. The number of hydrogen-bond donors (Lipinski definition) is 2. The van der Waals surface area contributed by atoms with Crippen molar-refractivity contribution in [3.63, 3.8) is 0 Å². The average molecular weight is 291 g/mol. The lowest BCUT2D eigenvalue weighted by Gasteiger charge is -2.16. The molecule has 1 aliphatic carbocycles. The molecule has 0 aromatic heterocycles. The van der Waals surface area contributed by atoms with Crippen LogP contribution in [-0.2, 0) is 11.3 Å². The zero-order valence-corrected chi connectivity index (χ0v) is 12.7. The molecule has 1 unspecified atom stereocenters. The predicted molar refractivity (Wildman–Crippen MR) is 82.5 cm³/mol. The molecule has 1 aliphatic rings. The summed E-state index contributed by atoms with van der Waals surface area (Å²) in [6, 6.07) is 7.48. The molecule has 0 spiro atoms. The zero-order chi connectivity index (χ0) is 15.1. The van der Waals surface area contributed by atoms with Crippen LogP contribution in [0, 0.1) is 0 Å². The van der Waals surface area contributed by atoms with E-state index in [1.807, 2.05) is 31.2 Å². The van der Waals surface area contributed by atoms with Crippen molar-refractivity contribution < 1.29 is 14.6 Å². The Morgan fingerprint density at radius 2 is 2.19 bits per heavy atom. The van der Waals surface area contributed by atoms with Crippen molar-refractivity contribution >= 4 is 5.97 Å². The summed E-state index contributed by atoms with van der Waals surface area (Å²) in [5, 5.41) is 12.2. The van der Waals surface area contributed by atoms with Crippen LogP contribution in [0.2, 0.25) is 0 Å². The van der Waals surface area contributed by atoms with Gasteiger partial charge in [-0.1, -0.05) is 25.5 Å². The van der Waals surface area contributed by atoms with Gasteiger partial charge in [-0.05, 0) is 49.8 Å². The summed E-state index contributed by atoms with van der Waals surface area (Å²) in [4.78, 5) is 11.1. The van der Waals surface area contributed by atoms with Crippen LogP contribution in [0.25, 0.3) is 0 Å². The van der Waals surface area contributed by atoms with E-state index in [1.165, 1.54) is 12.8 Å². The van der Waals surface area contributed by atoms with Gasteiger partial charge in [0.05, 0.1) is 6.10 Å². The molecule has 0 saturated heterocycles. The van der Waals surface area contributed by atoms with E-state index in [4.69, 9.17) is 9.84 Å². The van der Waals surface area contributed by atoms with E-state index >= 15 is 0 Å². The molecule has 0 heterocycles. The first-order chi connectivity index (χ1) is 10.2. The van der Waals surface area contributed by atoms with Gasteiger partial charge in [0.1, 0.15) is 11.8 Å². The summed E-state index contributed by atoms with van der Waals surface area (Å²) in [6.45, 7) is 2.55. The molecule has 1 fully saturated rings. The van der Waals surface area contributed by atoms with Crippen LogP contribution in [0.5, 0.6) is 5.75 Å². The molecule has 2 rings (SSSR count). The van der Waals surface area contributed by atoms with Gasteiger partial charge in [0.15, 0.2) is 0 Å². The molecule has 1 atom stereocenters. The summed E-state index contributed by atoms with van der Waals surface area (Å²) in [5.74, 6) is 0.110. The van der Waals surface area contributed by atoms with E-state index in [-0.39, 0.29) is 0 Å². The summed E-state index contributed by atoms with van der Waals surface area (Å²) < 4.78 is 5.97. The fraction of sp³-hybridized carbons (Fsp3) is 0.588. The molecule has 4 heteroatoms. The van der Waals surface area contributed by atoms with Crippen molar-refractivity contribution in [1.82, 2.24) is 5.32 Å². The van der Waals surface area contributed by atoms with E-state index in [0.717, 1.165) is 30.6 Å². The number of carboxylic acid groups (broad SMARTS) is 1. The lowest BCUT2D eigenvalue weighted by Crippen LogP contribution is -2.35. The van der Waals surface area contributed by atoms with Gasteiger partial charge < -0.3 is 15.2 Å². The summed E-state index contributed by atoms with van der Waals surface area (Å²) in [5.41, 5.74) is 1.06. The van der Waals surface area contributed by atoms with Gasteiger partial charge in [0.2, 0.25) is 0 Å². The van der Waals surface area contributed by atoms with Gasteiger partial charge in [-0.2, -0.15) is 0 Å². The second-order valence-electron chi connectivity index (χ2n) is 5.73. The highest BCUT2D eigenvalue weighted by atomic mass is 16.5. The average Bonchev–Trinajstić information content (AvgIpc) is 2.96. The van der Waals surface area contributed by atoms with Gasteiger partial charge in [0.25, 0.3) is 0 Å². The third-order valence-electron chi connectivity index (χ3n) is 3.93. The predicted octanol–water partition coefficient (Wildman–Crippen LogP) is 3.35. The van der Waals surface area contributed by atoms with Crippen LogP contribution in [-0.4, -0.2) is 23.2 Å². The topological polar surface area (TPSA) is 58.6 Å².